The summed E-state index contributed by atoms with van der Waals surface area (Å²) >= 11 is 0. The van der Waals surface area contributed by atoms with Crippen molar-refractivity contribution in [2.75, 3.05) is 11.0 Å². The lowest BCUT2D eigenvalue weighted by atomic mass is 10.1. The summed E-state index contributed by atoms with van der Waals surface area (Å²) in [5, 5.41) is 2.89. The third kappa shape index (κ3) is 5.92. The molecule has 0 saturated carbocycles. The van der Waals surface area contributed by atoms with Gasteiger partial charge >= 0.3 is 0 Å². The molecule has 3 rings (SSSR count). The van der Waals surface area contributed by atoms with Crippen LogP contribution >= 0.6 is 0 Å². The largest absolute Gasteiger partial charge is 0.441 e. The minimum Gasteiger partial charge on any atom is -0.441 e. The van der Waals surface area contributed by atoms with Crippen molar-refractivity contribution < 1.29 is 17.6 Å². The van der Waals surface area contributed by atoms with Gasteiger partial charge in [0.15, 0.2) is 11.7 Å². The molecule has 0 saturated heterocycles. The maximum Gasteiger partial charge on any atom is 0.229 e. The monoisotopic (exact) mass is 413 g/mol. The van der Waals surface area contributed by atoms with E-state index >= 15 is 0 Å². The van der Waals surface area contributed by atoms with Crippen molar-refractivity contribution in [3.63, 3.8) is 0 Å². The molecule has 1 heterocycles. The fourth-order valence-corrected chi connectivity index (χ4v) is 3.53. The topological polar surface area (TPSA) is 101 Å². The summed E-state index contributed by atoms with van der Waals surface area (Å²) in [6.45, 7) is 1.80. The van der Waals surface area contributed by atoms with Crippen molar-refractivity contribution in [1.82, 2.24) is 10.3 Å². The molecule has 29 heavy (non-hydrogen) atoms. The smallest absolute Gasteiger partial charge is 0.229 e. The number of hydrogen-bond acceptors (Lipinski definition) is 5. The molecular weight excluding hydrogens is 390 g/mol. The molecule has 1 unspecified atom stereocenters. The van der Waals surface area contributed by atoms with Crippen LogP contribution in [0.3, 0.4) is 0 Å². The molecule has 2 N–H and O–H groups in total. The Morgan fingerprint density at radius 2 is 1.79 bits per heavy atom. The van der Waals surface area contributed by atoms with Gasteiger partial charge in [-0.1, -0.05) is 48.5 Å². The van der Waals surface area contributed by atoms with Gasteiger partial charge in [-0.15, -0.1) is 0 Å². The summed E-state index contributed by atoms with van der Waals surface area (Å²) in [5.74, 6) is 0.979. The standard InChI is InChI=1S/C21H23N3O4S/c1-15(17-10-6-7-11-18(17)24-29(2,26)27)23-20(25)12-13-21-22-14-19(28-21)16-8-4-3-5-9-16/h3-11,14-15,24H,12-13H2,1-2H3,(H,23,25). The number of benzene rings is 2. The van der Waals surface area contributed by atoms with Gasteiger partial charge < -0.3 is 9.73 Å². The van der Waals surface area contributed by atoms with E-state index in [4.69, 9.17) is 4.42 Å². The predicted octanol–water partition coefficient (Wildman–Crippen LogP) is 3.52. The van der Waals surface area contributed by atoms with Crippen molar-refractivity contribution in [2.45, 2.75) is 25.8 Å². The summed E-state index contributed by atoms with van der Waals surface area (Å²) < 4.78 is 31.3. The first kappa shape index (κ1) is 20.6. The lowest BCUT2D eigenvalue weighted by Gasteiger charge is -2.18. The quantitative estimate of drug-likeness (QED) is 0.588. The van der Waals surface area contributed by atoms with Gasteiger partial charge in [-0.3, -0.25) is 9.52 Å². The normalized spacial score (nSPS) is 12.3. The van der Waals surface area contributed by atoms with Gasteiger partial charge in [0.25, 0.3) is 0 Å². The van der Waals surface area contributed by atoms with Crippen LogP contribution in [0.25, 0.3) is 11.3 Å². The van der Waals surface area contributed by atoms with Gasteiger partial charge in [0.05, 0.1) is 24.2 Å². The zero-order valence-electron chi connectivity index (χ0n) is 16.3. The van der Waals surface area contributed by atoms with Crippen molar-refractivity contribution in [1.29, 1.82) is 0 Å². The molecule has 3 aromatic rings. The Kier molecular flexibility index (Phi) is 6.33. The maximum absolute atomic E-state index is 12.4. The number of aromatic nitrogens is 1. The molecule has 0 aliphatic rings. The van der Waals surface area contributed by atoms with Crippen LogP contribution in [0, 0.1) is 0 Å². The highest BCUT2D eigenvalue weighted by Gasteiger charge is 2.16. The molecule has 0 spiro atoms. The second-order valence-electron chi connectivity index (χ2n) is 6.73. The van der Waals surface area contributed by atoms with Gasteiger partial charge in [0, 0.05) is 18.4 Å². The maximum atomic E-state index is 12.4. The summed E-state index contributed by atoms with van der Waals surface area (Å²) in [4.78, 5) is 16.6. The molecule has 2 aromatic carbocycles. The zero-order valence-corrected chi connectivity index (χ0v) is 17.1. The van der Waals surface area contributed by atoms with Crippen LogP contribution in [0.2, 0.25) is 0 Å². The van der Waals surface area contributed by atoms with Gasteiger partial charge in [-0.2, -0.15) is 0 Å². The highest BCUT2D eigenvalue weighted by molar-refractivity contribution is 7.92. The van der Waals surface area contributed by atoms with E-state index < -0.39 is 10.0 Å². The van der Waals surface area contributed by atoms with E-state index in [-0.39, 0.29) is 18.4 Å². The predicted molar refractivity (Wildman–Crippen MR) is 112 cm³/mol. The fourth-order valence-electron chi connectivity index (χ4n) is 2.94. The number of nitrogens with zero attached hydrogens (tertiary/aromatic N) is 1. The van der Waals surface area contributed by atoms with Gasteiger partial charge in [0.2, 0.25) is 15.9 Å². The van der Waals surface area contributed by atoms with Crippen molar-refractivity contribution in [3.05, 3.63) is 72.2 Å². The summed E-state index contributed by atoms with van der Waals surface area (Å²) in [5.41, 5.74) is 2.07. The lowest BCUT2D eigenvalue weighted by Crippen LogP contribution is -2.27. The van der Waals surface area contributed by atoms with E-state index in [1.165, 1.54) is 0 Å². The number of hydrogen-bond donors (Lipinski definition) is 2. The number of anilines is 1. The Hall–Kier alpha value is -3.13. The van der Waals surface area contributed by atoms with E-state index in [1.54, 1.807) is 37.4 Å². The fraction of sp³-hybridized carbons (Fsp3) is 0.238. The van der Waals surface area contributed by atoms with Crippen LogP contribution in [-0.2, 0) is 21.2 Å². The second-order valence-corrected chi connectivity index (χ2v) is 8.48. The number of sulfonamides is 1. The van der Waals surface area contributed by atoms with Crippen LogP contribution < -0.4 is 10.0 Å². The second kappa shape index (κ2) is 8.91. The molecular formula is C21H23N3O4S. The zero-order chi connectivity index (χ0) is 20.9. The Bertz CT molecular complexity index is 1080. The molecule has 1 atom stereocenters. The highest BCUT2D eigenvalue weighted by Crippen LogP contribution is 2.24. The molecule has 0 aliphatic heterocycles. The average molecular weight is 413 g/mol. The average Bonchev–Trinajstić information content (AvgIpc) is 3.15. The van der Waals surface area contributed by atoms with Crippen LogP contribution in [0.15, 0.2) is 65.2 Å². The SMILES string of the molecule is CC(NC(=O)CCc1ncc(-c2ccccc2)o1)c1ccccc1NS(C)(=O)=O. The molecule has 0 aliphatic carbocycles. The summed E-state index contributed by atoms with van der Waals surface area (Å²) in [7, 11) is -3.41. The van der Waals surface area contributed by atoms with Crippen molar-refractivity contribution >= 4 is 21.6 Å². The minimum atomic E-state index is -3.41. The number of amides is 1. The molecule has 1 amide bonds. The third-order valence-corrected chi connectivity index (χ3v) is 4.87. The van der Waals surface area contributed by atoms with Gasteiger partial charge in [-0.05, 0) is 18.6 Å². The van der Waals surface area contributed by atoms with Crippen LogP contribution in [0.4, 0.5) is 5.69 Å². The summed E-state index contributed by atoms with van der Waals surface area (Å²) in [6, 6.07) is 16.2. The number of aryl methyl sites for hydroxylation is 1. The highest BCUT2D eigenvalue weighted by atomic mass is 32.2. The molecule has 7 nitrogen and oxygen atoms in total. The summed E-state index contributed by atoms with van der Waals surface area (Å²) in [6.07, 6.45) is 3.32. The number of carbonyl (C=O) groups is 1. The Morgan fingerprint density at radius 3 is 2.52 bits per heavy atom. The number of para-hydroxylation sites is 1. The molecule has 0 radical (unpaired) electrons. The lowest BCUT2D eigenvalue weighted by molar-refractivity contribution is -0.121. The number of rotatable bonds is 8. The molecule has 152 valence electrons. The van der Waals surface area contributed by atoms with E-state index in [2.05, 4.69) is 15.0 Å². The first-order chi connectivity index (χ1) is 13.8. The number of oxazole rings is 1. The first-order valence-corrected chi connectivity index (χ1v) is 11.1. The Balaban J connectivity index is 1.58. The van der Waals surface area contributed by atoms with E-state index in [9.17, 15) is 13.2 Å². The minimum absolute atomic E-state index is 0.175. The van der Waals surface area contributed by atoms with Gasteiger partial charge in [0.1, 0.15) is 0 Å². The van der Waals surface area contributed by atoms with E-state index in [0.717, 1.165) is 11.8 Å². The third-order valence-electron chi connectivity index (χ3n) is 4.28. The molecule has 0 fully saturated rings. The Morgan fingerprint density at radius 1 is 1.10 bits per heavy atom. The van der Waals surface area contributed by atoms with E-state index in [0.29, 0.717) is 29.3 Å². The van der Waals surface area contributed by atoms with Crippen molar-refractivity contribution in [3.8, 4) is 11.3 Å². The molecule has 0 bridgehead atoms. The first-order valence-electron chi connectivity index (χ1n) is 9.18. The Labute approximate surface area is 170 Å². The number of carbonyl (C=O) groups excluding carboxylic acids is 1. The van der Waals surface area contributed by atoms with Crippen LogP contribution in [-0.4, -0.2) is 25.6 Å². The van der Waals surface area contributed by atoms with Gasteiger partial charge in [-0.25, -0.2) is 13.4 Å². The van der Waals surface area contributed by atoms with Crippen molar-refractivity contribution in [2.24, 2.45) is 0 Å². The molecule has 8 heteroatoms. The number of nitrogens with one attached hydrogen (secondary N) is 2. The molecule has 1 aromatic heterocycles. The van der Waals surface area contributed by atoms with E-state index in [1.807, 2.05) is 30.3 Å². The van der Waals surface area contributed by atoms with Crippen LogP contribution in [0.1, 0.15) is 30.8 Å². The van der Waals surface area contributed by atoms with Crippen LogP contribution in [0.5, 0.6) is 0 Å².